The summed E-state index contributed by atoms with van der Waals surface area (Å²) in [6.45, 7) is 0. The molecule has 0 fully saturated rings. The number of halogens is 4. The molecule has 5 aromatic carbocycles. The highest BCUT2D eigenvalue weighted by molar-refractivity contribution is 5.81. The molecular weight excluding hydrogens is 478 g/mol. The monoisotopic (exact) mass is 499 g/mol. The number of hydrogen-bond donors (Lipinski definition) is 2. The first-order valence-corrected chi connectivity index (χ1v) is 11.5. The predicted molar refractivity (Wildman–Crippen MR) is 140 cm³/mol. The Kier molecular flexibility index (Phi) is 6.76. The van der Waals surface area contributed by atoms with E-state index in [-0.39, 0.29) is 11.4 Å². The molecular formula is C30H21F4N3. The molecule has 5 aromatic rings. The summed E-state index contributed by atoms with van der Waals surface area (Å²) < 4.78 is 55.1. The molecule has 5 rings (SSSR count). The number of nitrogens with zero attached hydrogens (tertiary/aromatic N) is 1. The largest absolute Gasteiger partial charge is 0.353 e. The molecule has 0 amide bonds. The Morgan fingerprint density at radius 3 is 1.35 bits per heavy atom. The third-order valence-corrected chi connectivity index (χ3v) is 5.64. The highest BCUT2D eigenvalue weighted by atomic mass is 19.1. The van der Waals surface area contributed by atoms with Crippen molar-refractivity contribution in [1.29, 1.82) is 0 Å². The van der Waals surface area contributed by atoms with Gasteiger partial charge < -0.3 is 15.5 Å². The maximum atomic E-state index is 14.2. The van der Waals surface area contributed by atoms with E-state index in [2.05, 4.69) is 10.6 Å². The van der Waals surface area contributed by atoms with Crippen LogP contribution in [-0.4, -0.2) is 0 Å². The van der Waals surface area contributed by atoms with E-state index in [1.807, 2.05) is 71.6 Å². The fraction of sp³-hybridized carbons (Fsp3) is 0. The van der Waals surface area contributed by atoms with Crippen LogP contribution in [0.5, 0.6) is 0 Å². The van der Waals surface area contributed by atoms with E-state index in [0.29, 0.717) is 11.4 Å². The molecule has 2 N–H and O–H groups in total. The van der Waals surface area contributed by atoms with E-state index < -0.39 is 23.3 Å². The molecule has 0 bridgehead atoms. The Hall–Kier alpha value is -4.78. The van der Waals surface area contributed by atoms with Crippen molar-refractivity contribution in [1.82, 2.24) is 0 Å². The summed E-state index contributed by atoms with van der Waals surface area (Å²) in [5, 5.41) is 6.00. The van der Waals surface area contributed by atoms with Gasteiger partial charge in [0.15, 0.2) is 0 Å². The van der Waals surface area contributed by atoms with Crippen LogP contribution in [0, 0.1) is 23.3 Å². The van der Waals surface area contributed by atoms with E-state index in [0.717, 1.165) is 29.2 Å². The third kappa shape index (κ3) is 5.56. The van der Waals surface area contributed by atoms with Gasteiger partial charge in [0.1, 0.15) is 23.3 Å². The summed E-state index contributed by atoms with van der Waals surface area (Å²) >= 11 is 0. The van der Waals surface area contributed by atoms with Gasteiger partial charge in [-0.2, -0.15) is 0 Å². The zero-order valence-electron chi connectivity index (χ0n) is 19.4. The lowest BCUT2D eigenvalue weighted by Gasteiger charge is -2.26. The lowest BCUT2D eigenvalue weighted by Crippen LogP contribution is -2.10. The van der Waals surface area contributed by atoms with Gasteiger partial charge in [0.05, 0.1) is 11.4 Å². The van der Waals surface area contributed by atoms with Crippen molar-refractivity contribution in [3.05, 3.63) is 139 Å². The van der Waals surface area contributed by atoms with Crippen LogP contribution in [0.4, 0.5) is 57.4 Å². The summed E-state index contributed by atoms with van der Waals surface area (Å²) in [6.07, 6.45) is 0. The van der Waals surface area contributed by atoms with Gasteiger partial charge >= 0.3 is 0 Å². The van der Waals surface area contributed by atoms with Crippen LogP contribution < -0.4 is 15.5 Å². The van der Waals surface area contributed by atoms with Crippen molar-refractivity contribution in [2.45, 2.75) is 0 Å². The summed E-state index contributed by atoms with van der Waals surface area (Å²) in [7, 11) is 0. The molecule has 0 saturated heterocycles. The molecule has 0 aromatic heterocycles. The van der Waals surface area contributed by atoms with Crippen molar-refractivity contribution < 1.29 is 17.6 Å². The molecule has 3 nitrogen and oxygen atoms in total. The highest BCUT2D eigenvalue weighted by Crippen LogP contribution is 2.37. The first-order chi connectivity index (χ1) is 18.0. The van der Waals surface area contributed by atoms with Crippen LogP contribution in [0.2, 0.25) is 0 Å². The van der Waals surface area contributed by atoms with Crippen LogP contribution in [0.1, 0.15) is 0 Å². The topological polar surface area (TPSA) is 27.3 Å². The number of benzene rings is 5. The third-order valence-electron chi connectivity index (χ3n) is 5.64. The average Bonchev–Trinajstić information content (AvgIpc) is 2.89. The zero-order valence-corrected chi connectivity index (χ0v) is 19.4. The maximum Gasteiger partial charge on any atom is 0.149 e. The molecule has 0 radical (unpaired) electrons. The Labute approximate surface area is 211 Å². The second-order valence-corrected chi connectivity index (χ2v) is 8.27. The van der Waals surface area contributed by atoms with Gasteiger partial charge in [-0.1, -0.05) is 30.3 Å². The number of rotatable bonds is 7. The minimum absolute atomic E-state index is 0.150. The minimum atomic E-state index is -0.697. The molecule has 7 heteroatoms. The molecule has 0 unspecified atom stereocenters. The molecule has 184 valence electrons. The summed E-state index contributed by atoms with van der Waals surface area (Å²) in [5.74, 6) is -2.70. The Balaban J connectivity index is 1.51. The van der Waals surface area contributed by atoms with Crippen molar-refractivity contribution >= 4 is 39.8 Å². The van der Waals surface area contributed by atoms with Gasteiger partial charge in [-0.05, 0) is 72.8 Å². The average molecular weight is 500 g/mol. The fourth-order valence-corrected chi connectivity index (χ4v) is 3.96. The summed E-state index contributed by atoms with van der Waals surface area (Å²) in [4.78, 5) is 1.98. The van der Waals surface area contributed by atoms with E-state index in [1.54, 1.807) is 12.1 Å². The molecule has 0 atom stereocenters. The summed E-state index contributed by atoms with van der Waals surface area (Å²) in [5.41, 5.74) is 3.90. The van der Waals surface area contributed by atoms with Crippen LogP contribution >= 0.6 is 0 Å². The predicted octanol–water partition coefficient (Wildman–Crippen LogP) is 9.20. The standard InChI is InChI=1S/C30H21F4N3/c31-20-12-14-29(27(33)16-20)35-22-6-4-10-25(18-22)37(24-8-2-1-3-9-24)26-11-5-7-23(19-26)36-30-15-13-21(32)17-28(30)34/h1-19,35-36H. The van der Waals surface area contributed by atoms with Gasteiger partial charge in [-0.25, -0.2) is 17.6 Å². The lowest BCUT2D eigenvalue weighted by atomic mass is 10.1. The van der Waals surface area contributed by atoms with Crippen molar-refractivity contribution in [3.63, 3.8) is 0 Å². The van der Waals surface area contributed by atoms with E-state index in [1.165, 1.54) is 24.3 Å². The summed E-state index contributed by atoms with van der Waals surface area (Å²) in [6, 6.07) is 31.0. The van der Waals surface area contributed by atoms with Crippen LogP contribution in [0.3, 0.4) is 0 Å². The van der Waals surface area contributed by atoms with Crippen molar-refractivity contribution in [3.8, 4) is 0 Å². The first kappa shape index (κ1) is 23.9. The fourth-order valence-electron chi connectivity index (χ4n) is 3.96. The number of hydrogen-bond acceptors (Lipinski definition) is 3. The lowest BCUT2D eigenvalue weighted by molar-refractivity contribution is 0.585. The minimum Gasteiger partial charge on any atom is -0.353 e. The van der Waals surface area contributed by atoms with Crippen LogP contribution in [-0.2, 0) is 0 Å². The van der Waals surface area contributed by atoms with Gasteiger partial charge in [0.2, 0.25) is 0 Å². The molecule has 0 heterocycles. The maximum absolute atomic E-state index is 14.2. The highest BCUT2D eigenvalue weighted by Gasteiger charge is 2.14. The Morgan fingerprint density at radius 2 is 0.892 bits per heavy atom. The van der Waals surface area contributed by atoms with Crippen molar-refractivity contribution in [2.24, 2.45) is 0 Å². The number of para-hydroxylation sites is 1. The molecule has 0 saturated carbocycles. The molecule has 0 spiro atoms. The Bertz CT molecular complexity index is 1440. The zero-order chi connectivity index (χ0) is 25.8. The SMILES string of the molecule is Fc1ccc(Nc2cccc(N(c3ccccc3)c3cccc(Nc4ccc(F)cc4F)c3)c2)c(F)c1. The van der Waals surface area contributed by atoms with E-state index >= 15 is 0 Å². The number of nitrogens with one attached hydrogen (secondary N) is 2. The van der Waals surface area contributed by atoms with E-state index in [4.69, 9.17) is 0 Å². The molecule has 0 aliphatic heterocycles. The van der Waals surface area contributed by atoms with Gasteiger partial charge in [-0.15, -0.1) is 0 Å². The van der Waals surface area contributed by atoms with Gasteiger partial charge in [-0.3, -0.25) is 0 Å². The van der Waals surface area contributed by atoms with Gasteiger partial charge in [0.25, 0.3) is 0 Å². The molecule has 0 aliphatic carbocycles. The van der Waals surface area contributed by atoms with Crippen LogP contribution in [0.15, 0.2) is 115 Å². The second kappa shape index (κ2) is 10.5. The quantitative estimate of drug-likeness (QED) is 0.219. The normalized spacial score (nSPS) is 10.7. The smallest absolute Gasteiger partial charge is 0.149 e. The van der Waals surface area contributed by atoms with Crippen LogP contribution in [0.25, 0.3) is 0 Å². The Morgan fingerprint density at radius 1 is 0.432 bits per heavy atom. The van der Waals surface area contributed by atoms with Crippen molar-refractivity contribution in [2.75, 3.05) is 15.5 Å². The number of anilines is 7. The molecule has 0 aliphatic rings. The van der Waals surface area contributed by atoms with E-state index in [9.17, 15) is 17.6 Å². The first-order valence-electron chi connectivity index (χ1n) is 11.5. The molecule has 37 heavy (non-hydrogen) atoms. The van der Waals surface area contributed by atoms with Gasteiger partial charge in [0, 0.05) is 40.6 Å². The second-order valence-electron chi connectivity index (χ2n) is 8.27.